The van der Waals surface area contributed by atoms with Gasteiger partial charge >= 0.3 is 0 Å². The highest BCUT2D eigenvalue weighted by atomic mass is 32.2. The van der Waals surface area contributed by atoms with Gasteiger partial charge in [0.2, 0.25) is 0 Å². The fourth-order valence-electron chi connectivity index (χ4n) is 3.61. The van der Waals surface area contributed by atoms with E-state index >= 15 is 0 Å². The number of ether oxygens (including phenoxy) is 2. The van der Waals surface area contributed by atoms with Gasteiger partial charge in [0.05, 0.1) is 11.5 Å². The van der Waals surface area contributed by atoms with Gasteiger partial charge in [-0.2, -0.15) is 0 Å². The van der Waals surface area contributed by atoms with Crippen LogP contribution in [0.3, 0.4) is 0 Å². The number of phenolic OH excluding ortho intramolecular Hbond substituents is 1. The van der Waals surface area contributed by atoms with Crippen molar-refractivity contribution in [3.63, 3.8) is 0 Å². The summed E-state index contributed by atoms with van der Waals surface area (Å²) in [4.78, 5) is 3.52. The van der Waals surface area contributed by atoms with Crippen molar-refractivity contribution >= 4 is 11.8 Å². The van der Waals surface area contributed by atoms with Gasteiger partial charge < -0.3 is 14.6 Å². The van der Waals surface area contributed by atoms with Gasteiger partial charge in [0, 0.05) is 18.8 Å². The maximum atomic E-state index is 9.12. The second kappa shape index (κ2) is 13.8. The Morgan fingerprint density at radius 1 is 1.03 bits per heavy atom. The van der Waals surface area contributed by atoms with Gasteiger partial charge in [0.15, 0.2) is 0 Å². The summed E-state index contributed by atoms with van der Waals surface area (Å²) < 4.78 is 11.0. The molecule has 0 spiro atoms. The Bertz CT molecular complexity index is 936. The topological polar surface area (TPSA) is 41.9 Å². The van der Waals surface area contributed by atoms with Crippen molar-refractivity contribution in [2.75, 3.05) is 38.6 Å². The Morgan fingerprint density at radius 2 is 1.76 bits per heavy atom. The third kappa shape index (κ3) is 9.40. The van der Waals surface area contributed by atoms with Gasteiger partial charge in [0.1, 0.15) is 23.9 Å². The van der Waals surface area contributed by atoms with Crippen LogP contribution in [-0.4, -0.2) is 48.6 Å². The number of rotatable bonds is 4. The fourth-order valence-corrected chi connectivity index (χ4v) is 4.47. The van der Waals surface area contributed by atoms with Crippen molar-refractivity contribution in [3.05, 3.63) is 84.4 Å². The summed E-state index contributed by atoms with van der Waals surface area (Å²) in [5, 5.41) is 9.12. The molecule has 2 aliphatic rings. The van der Waals surface area contributed by atoms with E-state index in [0.717, 1.165) is 47.8 Å². The molecule has 0 bridgehead atoms. The predicted octanol–water partition coefficient (Wildman–Crippen LogP) is 6.28. The van der Waals surface area contributed by atoms with Crippen molar-refractivity contribution in [1.82, 2.24) is 4.90 Å². The average molecular weight is 466 g/mol. The van der Waals surface area contributed by atoms with Crippen LogP contribution in [0.15, 0.2) is 83.8 Å². The van der Waals surface area contributed by atoms with Crippen molar-refractivity contribution in [3.8, 4) is 17.2 Å². The zero-order chi connectivity index (χ0) is 23.3. The van der Waals surface area contributed by atoms with E-state index < -0.39 is 0 Å². The van der Waals surface area contributed by atoms with Crippen LogP contribution in [0.4, 0.5) is 0 Å². The lowest BCUT2D eigenvalue weighted by molar-refractivity contribution is 0.234. The average Bonchev–Trinajstić information content (AvgIpc) is 3.26. The van der Waals surface area contributed by atoms with Crippen LogP contribution in [0.2, 0.25) is 0 Å². The van der Waals surface area contributed by atoms with E-state index in [9.17, 15) is 0 Å². The number of aryl methyl sites for hydroxylation is 1. The summed E-state index contributed by atoms with van der Waals surface area (Å²) in [6.07, 6.45) is 1.34. The summed E-state index contributed by atoms with van der Waals surface area (Å²) in [5.41, 5.74) is 1.32. The summed E-state index contributed by atoms with van der Waals surface area (Å²) in [6, 6.07) is 25.5. The monoisotopic (exact) mass is 465 g/mol. The Morgan fingerprint density at radius 3 is 2.39 bits per heavy atom. The number of benzene rings is 3. The largest absolute Gasteiger partial charge is 0.508 e. The minimum atomic E-state index is 0.307. The normalized spacial score (nSPS) is 16.8. The number of likely N-dealkylation sites (tertiary alicyclic amines) is 1. The summed E-state index contributed by atoms with van der Waals surface area (Å²) in [7, 11) is 0. The summed E-state index contributed by atoms with van der Waals surface area (Å²) >= 11 is 1.72. The van der Waals surface area contributed by atoms with Gasteiger partial charge in [-0.05, 0) is 56.1 Å². The van der Waals surface area contributed by atoms with E-state index in [1.165, 1.54) is 25.1 Å². The second-order valence-corrected chi connectivity index (χ2v) is 9.48. The van der Waals surface area contributed by atoms with Crippen molar-refractivity contribution < 1.29 is 14.6 Å². The predicted molar refractivity (Wildman–Crippen MR) is 138 cm³/mol. The van der Waals surface area contributed by atoms with Crippen LogP contribution in [0.5, 0.6) is 17.2 Å². The Labute approximate surface area is 202 Å². The number of hydrogen-bond acceptors (Lipinski definition) is 5. The minimum absolute atomic E-state index is 0.307. The molecule has 1 N–H and O–H groups in total. The van der Waals surface area contributed by atoms with Crippen molar-refractivity contribution in [2.45, 2.75) is 25.2 Å². The first kappa shape index (κ1) is 25.0. The van der Waals surface area contributed by atoms with E-state index in [0.29, 0.717) is 5.75 Å². The van der Waals surface area contributed by atoms with E-state index in [4.69, 9.17) is 14.6 Å². The number of nitrogens with zero attached hydrogens (tertiary/aromatic N) is 1. The highest BCUT2D eigenvalue weighted by Crippen LogP contribution is 2.35. The molecule has 0 aliphatic carbocycles. The van der Waals surface area contributed by atoms with Gasteiger partial charge in [-0.3, -0.25) is 4.90 Å². The first-order valence-electron chi connectivity index (χ1n) is 11.6. The summed E-state index contributed by atoms with van der Waals surface area (Å²) in [5.74, 6) is 4.00. The van der Waals surface area contributed by atoms with Crippen LogP contribution in [-0.2, 0) is 0 Å². The molecule has 0 aromatic heterocycles. The number of aromatic hydroxyl groups is 1. The molecule has 33 heavy (non-hydrogen) atoms. The van der Waals surface area contributed by atoms with E-state index in [1.807, 2.05) is 48.5 Å². The van der Waals surface area contributed by atoms with E-state index in [2.05, 4.69) is 30.9 Å². The molecule has 3 aromatic rings. The Kier molecular flexibility index (Phi) is 10.5. The highest BCUT2D eigenvalue weighted by molar-refractivity contribution is 7.99. The number of thioether (sulfide) groups is 1. The number of para-hydroxylation sites is 1. The molecule has 2 heterocycles. The molecule has 4 nitrogen and oxygen atoms in total. The van der Waals surface area contributed by atoms with E-state index in [1.54, 1.807) is 30.0 Å². The quantitative estimate of drug-likeness (QED) is 0.491. The molecule has 1 saturated heterocycles. The van der Waals surface area contributed by atoms with Crippen LogP contribution in [0.1, 0.15) is 18.9 Å². The first-order valence-corrected chi connectivity index (χ1v) is 12.6. The zero-order valence-electron chi connectivity index (χ0n) is 19.7. The van der Waals surface area contributed by atoms with Crippen LogP contribution in [0, 0.1) is 12.8 Å². The van der Waals surface area contributed by atoms with Gasteiger partial charge in [-0.15, -0.1) is 11.8 Å². The number of fused-ring (bicyclic) bond motifs is 1. The van der Waals surface area contributed by atoms with Crippen LogP contribution >= 0.6 is 11.8 Å². The standard InChI is InChI=1S/C13H19NO.C8H8O2S.C7H8/c1-12-7-8-14(11-12)9-10-15-13-5-3-2-4-6-13;9-6-1-2-7-8(5-6)11-4-3-10-7;1-7-5-3-2-4-6-7/h2-6,12H,7-11H2,1H3;1-2,5,9H,3-4H2;2-6H,1H3. The Balaban J connectivity index is 0.000000149. The third-order valence-corrected chi connectivity index (χ3v) is 6.39. The van der Waals surface area contributed by atoms with Gasteiger partial charge in [-0.1, -0.05) is 61.0 Å². The molecule has 5 heteroatoms. The lowest BCUT2D eigenvalue weighted by atomic mass is 10.2. The molecule has 5 rings (SSSR count). The minimum Gasteiger partial charge on any atom is -0.508 e. The molecular formula is C28H35NO3S. The second-order valence-electron chi connectivity index (χ2n) is 8.34. The van der Waals surface area contributed by atoms with Gasteiger partial charge in [0.25, 0.3) is 0 Å². The maximum absolute atomic E-state index is 9.12. The number of phenols is 1. The maximum Gasteiger partial charge on any atom is 0.133 e. The lowest BCUT2D eigenvalue weighted by Crippen LogP contribution is -2.25. The van der Waals surface area contributed by atoms with Crippen LogP contribution < -0.4 is 9.47 Å². The molecule has 1 fully saturated rings. The SMILES string of the molecule is CC1CCN(CCOc2ccccc2)C1.Cc1ccccc1.Oc1ccc2c(c1)SCCO2. The zero-order valence-corrected chi connectivity index (χ0v) is 20.5. The van der Waals surface area contributed by atoms with Crippen molar-refractivity contribution in [1.29, 1.82) is 0 Å². The lowest BCUT2D eigenvalue weighted by Gasteiger charge is -2.15. The molecule has 0 saturated carbocycles. The highest BCUT2D eigenvalue weighted by Gasteiger charge is 2.17. The van der Waals surface area contributed by atoms with Gasteiger partial charge in [-0.25, -0.2) is 0 Å². The smallest absolute Gasteiger partial charge is 0.133 e. The van der Waals surface area contributed by atoms with Crippen molar-refractivity contribution in [2.24, 2.45) is 5.92 Å². The molecule has 0 radical (unpaired) electrons. The first-order chi connectivity index (χ1) is 16.1. The Hall–Kier alpha value is -2.63. The molecule has 3 aromatic carbocycles. The molecule has 0 amide bonds. The molecule has 1 unspecified atom stereocenters. The number of hydrogen-bond donors (Lipinski definition) is 1. The van der Waals surface area contributed by atoms with Crippen LogP contribution in [0.25, 0.3) is 0 Å². The van der Waals surface area contributed by atoms with E-state index in [-0.39, 0.29) is 0 Å². The fraction of sp³-hybridized carbons (Fsp3) is 0.357. The molecule has 1 atom stereocenters. The third-order valence-electron chi connectivity index (χ3n) is 5.39. The summed E-state index contributed by atoms with van der Waals surface area (Å²) in [6.45, 7) is 9.49. The molecule has 176 valence electrons. The molecule has 2 aliphatic heterocycles. The molecular weight excluding hydrogens is 430 g/mol.